The van der Waals surface area contributed by atoms with Crippen LogP contribution >= 0.6 is 0 Å². The molecule has 35 heavy (non-hydrogen) atoms. The fourth-order valence-electron chi connectivity index (χ4n) is 6.07. The number of anilines is 1. The predicted octanol–water partition coefficient (Wildman–Crippen LogP) is 5.12. The van der Waals surface area contributed by atoms with E-state index in [1.165, 1.54) is 11.6 Å². The van der Waals surface area contributed by atoms with Gasteiger partial charge in [0.25, 0.3) is 0 Å². The first-order valence-electron chi connectivity index (χ1n) is 12.6. The molecule has 0 amide bonds. The van der Waals surface area contributed by atoms with Crippen LogP contribution in [-0.2, 0) is 5.41 Å². The number of nitrogens with one attached hydrogen (secondary N) is 3. The second-order valence-corrected chi connectivity index (χ2v) is 10.0. The van der Waals surface area contributed by atoms with Gasteiger partial charge in [-0.3, -0.25) is 4.99 Å². The average Bonchev–Trinajstić information content (AvgIpc) is 3.48. The number of halogens is 2. The molecule has 1 aromatic heterocycles. The van der Waals surface area contributed by atoms with Gasteiger partial charge in [-0.25, -0.2) is 18.7 Å². The molecule has 6 nitrogen and oxygen atoms in total. The lowest BCUT2D eigenvalue weighted by molar-refractivity contribution is 0.422. The number of benzene rings is 1. The quantitative estimate of drug-likeness (QED) is 0.571. The van der Waals surface area contributed by atoms with Crippen LogP contribution in [-0.4, -0.2) is 34.9 Å². The highest BCUT2D eigenvalue weighted by molar-refractivity contribution is 6.01. The van der Waals surface area contributed by atoms with Crippen molar-refractivity contribution in [3.8, 4) is 11.3 Å². The van der Waals surface area contributed by atoms with Crippen molar-refractivity contribution in [2.24, 2.45) is 10.9 Å². The number of aliphatic imine (C=N–C) groups is 1. The molecule has 4 heterocycles. The second kappa shape index (κ2) is 8.82. The number of nitrogens with zero attached hydrogens (tertiary/aromatic N) is 3. The third-order valence-electron chi connectivity index (χ3n) is 8.03. The fourth-order valence-corrected chi connectivity index (χ4v) is 6.07. The normalized spacial score (nSPS) is 23.1. The Morgan fingerprint density at radius 3 is 2.63 bits per heavy atom. The summed E-state index contributed by atoms with van der Waals surface area (Å²) in [6.07, 6.45) is 13.5. The number of fused-ring (bicyclic) bond motifs is 2. The molecular weight excluding hydrogens is 446 g/mol. The zero-order valence-electron chi connectivity index (χ0n) is 19.9. The molecule has 3 aliphatic heterocycles. The predicted molar refractivity (Wildman–Crippen MR) is 134 cm³/mol. The molecule has 0 radical (unpaired) electrons. The summed E-state index contributed by atoms with van der Waals surface area (Å²) < 4.78 is 30.0. The molecule has 6 rings (SSSR count). The van der Waals surface area contributed by atoms with Gasteiger partial charge in [-0.15, -0.1) is 0 Å². The van der Waals surface area contributed by atoms with Crippen molar-refractivity contribution >= 4 is 17.3 Å². The van der Waals surface area contributed by atoms with E-state index in [1.54, 1.807) is 0 Å². The Labute approximate surface area is 204 Å². The summed E-state index contributed by atoms with van der Waals surface area (Å²) in [5.41, 5.74) is 3.78. The smallest absolute Gasteiger partial charge is 0.225 e. The van der Waals surface area contributed by atoms with Gasteiger partial charge >= 0.3 is 0 Å². The van der Waals surface area contributed by atoms with Gasteiger partial charge < -0.3 is 16.0 Å². The molecule has 4 aliphatic rings. The second-order valence-electron chi connectivity index (χ2n) is 10.0. The van der Waals surface area contributed by atoms with Gasteiger partial charge in [0.15, 0.2) is 5.82 Å². The third-order valence-corrected chi connectivity index (χ3v) is 8.03. The van der Waals surface area contributed by atoms with Gasteiger partial charge in [-0.05, 0) is 81.0 Å². The van der Waals surface area contributed by atoms with Gasteiger partial charge in [0, 0.05) is 22.9 Å². The molecular formula is C27H30F2N6. The highest BCUT2D eigenvalue weighted by Crippen LogP contribution is 2.52. The lowest BCUT2D eigenvalue weighted by Gasteiger charge is -2.27. The van der Waals surface area contributed by atoms with E-state index in [-0.39, 0.29) is 23.2 Å². The van der Waals surface area contributed by atoms with Gasteiger partial charge in [0.2, 0.25) is 5.95 Å². The zero-order chi connectivity index (χ0) is 24.0. The van der Waals surface area contributed by atoms with Crippen molar-refractivity contribution in [3.63, 3.8) is 0 Å². The molecule has 8 heteroatoms. The summed E-state index contributed by atoms with van der Waals surface area (Å²) >= 11 is 0. The highest BCUT2D eigenvalue weighted by Gasteiger charge is 2.44. The van der Waals surface area contributed by atoms with Crippen molar-refractivity contribution < 1.29 is 8.78 Å². The lowest BCUT2D eigenvalue weighted by Crippen LogP contribution is -2.35. The summed E-state index contributed by atoms with van der Waals surface area (Å²) in [4.78, 5) is 13.1. The Hall–Kier alpha value is -3.13. The Kier molecular flexibility index (Phi) is 5.63. The van der Waals surface area contributed by atoms with Crippen molar-refractivity contribution in [3.05, 3.63) is 59.5 Å². The molecule has 1 spiro atoms. The third kappa shape index (κ3) is 3.93. The van der Waals surface area contributed by atoms with Crippen LogP contribution in [0.3, 0.4) is 0 Å². The minimum Gasteiger partial charge on any atom is -0.368 e. The van der Waals surface area contributed by atoms with Crippen LogP contribution in [0.25, 0.3) is 11.3 Å². The number of hydrogen-bond donors (Lipinski definition) is 3. The van der Waals surface area contributed by atoms with Crippen LogP contribution in [0.5, 0.6) is 0 Å². The minimum absolute atomic E-state index is 0.0904. The van der Waals surface area contributed by atoms with Crippen molar-refractivity contribution in [2.75, 3.05) is 18.4 Å². The molecule has 1 aromatic carbocycles. The number of hydrogen-bond acceptors (Lipinski definition) is 6. The Morgan fingerprint density at radius 2 is 1.89 bits per heavy atom. The molecule has 2 fully saturated rings. The molecule has 0 bridgehead atoms. The number of dihydropyridines is 1. The summed E-state index contributed by atoms with van der Waals surface area (Å²) in [7, 11) is 0. The summed E-state index contributed by atoms with van der Waals surface area (Å²) in [6, 6.07) is 3.22. The fraction of sp³-hybridized carbons (Fsp3) is 0.444. The van der Waals surface area contributed by atoms with E-state index in [1.807, 2.05) is 25.3 Å². The SMILES string of the molecule is CC1=Nc2c(F)cc(-c3nc(NC4C=CC(C5CCNCC5)=CN4)ncc3F)cc2C12CCCC2. The molecule has 1 saturated carbocycles. The molecule has 1 atom stereocenters. The minimum atomic E-state index is -0.578. The summed E-state index contributed by atoms with van der Waals surface area (Å²) in [5, 5.41) is 9.94. The maximum atomic E-state index is 15.1. The van der Waals surface area contributed by atoms with Crippen molar-refractivity contribution in [2.45, 2.75) is 57.0 Å². The Bertz CT molecular complexity index is 1240. The standard InChI is InChI=1S/C27H30F2N6/c1-16-27(8-2-3-9-27)20-12-19(13-21(28)25(20)33-16)24-22(29)15-32-26(35-24)34-23-5-4-18(14-31-23)17-6-10-30-11-7-17/h4-5,12-15,17,23,30-31H,2-3,6-11H2,1H3,(H,32,34,35). The monoisotopic (exact) mass is 476 g/mol. The van der Waals surface area contributed by atoms with Crippen molar-refractivity contribution in [1.82, 2.24) is 20.6 Å². The first-order chi connectivity index (χ1) is 17.0. The average molecular weight is 477 g/mol. The maximum Gasteiger partial charge on any atom is 0.225 e. The molecule has 1 unspecified atom stereocenters. The van der Waals surface area contributed by atoms with Gasteiger partial charge in [0.1, 0.15) is 23.4 Å². The van der Waals surface area contributed by atoms with Crippen LogP contribution in [0.2, 0.25) is 0 Å². The van der Waals surface area contributed by atoms with Crippen LogP contribution in [0.4, 0.5) is 20.4 Å². The largest absolute Gasteiger partial charge is 0.368 e. The number of rotatable bonds is 4. The topological polar surface area (TPSA) is 74.2 Å². The Balaban J connectivity index is 1.24. The van der Waals surface area contributed by atoms with Crippen LogP contribution in [0, 0.1) is 17.6 Å². The molecule has 1 saturated heterocycles. The van der Waals surface area contributed by atoms with E-state index in [0.29, 0.717) is 17.2 Å². The lowest BCUT2D eigenvalue weighted by atomic mass is 9.76. The van der Waals surface area contributed by atoms with Crippen LogP contribution in [0.1, 0.15) is 51.0 Å². The van der Waals surface area contributed by atoms with Crippen LogP contribution in [0.15, 0.2) is 47.2 Å². The molecule has 182 valence electrons. The highest BCUT2D eigenvalue weighted by atomic mass is 19.1. The van der Waals surface area contributed by atoms with E-state index in [2.05, 4.69) is 37.0 Å². The van der Waals surface area contributed by atoms with Gasteiger partial charge in [-0.2, -0.15) is 0 Å². The number of allylic oxidation sites excluding steroid dienone is 2. The van der Waals surface area contributed by atoms with E-state index in [9.17, 15) is 4.39 Å². The van der Waals surface area contributed by atoms with Gasteiger partial charge in [-0.1, -0.05) is 18.9 Å². The molecule has 1 aliphatic carbocycles. The summed E-state index contributed by atoms with van der Waals surface area (Å²) in [5.74, 6) is -0.168. The summed E-state index contributed by atoms with van der Waals surface area (Å²) in [6.45, 7) is 4.06. The van der Waals surface area contributed by atoms with E-state index in [0.717, 1.165) is 69.1 Å². The number of aromatic nitrogens is 2. The van der Waals surface area contributed by atoms with E-state index in [4.69, 9.17) is 0 Å². The van der Waals surface area contributed by atoms with E-state index < -0.39 is 11.6 Å². The first kappa shape index (κ1) is 22.3. The number of piperidine rings is 1. The van der Waals surface area contributed by atoms with Crippen molar-refractivity contribution in [1.29, 1.82) is 0 Å². The zero-order valence-corrected chi connectivity index (χ0v) is 19.9. The molecule has 3 N–H and O–H groups in total. The first-order valence-corrected chi connectivity index (χ1v) is 12.6. The van der Waals surface area contributed by atoms with Gasteiger partial charge in [0.05, 0.1) is 6.20 Å². The van der Waals surface area contributed by atoms with E-state index >= 15 is 4.39 Å². The van der Waals surface area contributed by atoms with Crippen LogP contribution < -0.4 is 16.0 Å². The maximum absolute atomic E-state index is 15.1. The molecule has 2 aromatic rings. The Morgan fingerprint density at radius 1 is 1.09 bits per heavy atom.